The molecule has 0 radical (unpaired) electrons. The summed E-state index contributed by atoms with van der Waals surface area (Å²) in [7, 11) is 1.72. The van der Waals surface area contributed by atoms with Gasteiger partial charge in [-0.15, -0.1) is 0 Å². The van der Waals surface area contributed by atoms with E-state index in [4.69, 9.17) is 0 Å². The highest BCUT2D eigenvalue weighted by Gasteiger charge is 2.38. The molecular weight excluding hydrogens is 383 g/mol. The van der Waals surface area contributed by atoms with E-state index in [1.54, 1.807) is 25.5 Å². The third-order valence-corrected chi connectivity index (χ3v) is 6.35. The molecule has 5 rings (SSSR count). The van der Waals surface area contributed by atoms with Crippen LogP contribution in [0.4, 0.5) is 15.9 Å². The monoisotopic (exact) mass is 408 g/mol. The van der Waals surface area contributed by atoms with Crippen molar-refractivity contribution in [3.63, 3.8) is 0 Å². The Labute approximate surface area is 174 Å². The van der Waals surface area contributed by atoms with Gasteiger partial charge in [0.25, 0.3) is 5.91 Å². The first-order chi connectivity index (χ1) is 14.4. The summed E-state index contributed by atoms with van der Waals surface area (Å²) < 4.78 is 15.7. The molecule has 1 N–H and O–H groups in total. The van der Waals surface area contributed by atoms with E-state index < -0.39 is 11.7 Å². The first kappa shape index (κ1) is 19.0. The third-order valence-electron chi connectivity index (χ3n) is 6.35. The maximum Gasteiger partial charge on any atom is 0.275 e. The number of carbonyl (C=O) groups is 1. The van der Waals surface area contributed by atoms with E-state index in [9.17, 15) is 9.18 Å². The van der Waals surface area contributed by atoms with E-state index >= 15 is 0 Å². The minimum absolute atomic E-state index is 0.198. The maximum atomic E-state index is 14.2. The number of aromatic nitrogens is 4. The Bertz CT molecular complexity index is 1100. The van der Waals surface area contributed by atoms with E-state index in [-0.39, 0.29) is 11.2 Å². The van der Waals surface area contributed by atoms with E-state index in [1.165, 1.54) is 42.6 Å². The minimum atomic E-state index is -0.479. The lowest BCUT2D eigenvalue weighted by Crippen LogP contribution is -2.47. The average Bonchev–Trinajstić information content (AvgIpc) is 3.28. The Kier molecular flexibility index (Phi) is 4.45. The fourth-order valence-corrected chi connectivity index (χ4v) is 4.04. The summed E-state index contributed by atoms with van der Waals surface area (Å²) in [5.41, 5.74) is 1.45. The second kappa shape index (κ2) is 7.04. The van der Waals surface area contributed by atoms with Gasteiger partial charge < -0.3 is 10.2 Å². The number of amides is 1. The lowest BCUT2D eigenvalue weighted by atomic mass is 9.90. The fourth-order valence-electron chi connectivity index (χ4n) is 4.04. The number of anilines is 2. The topological polar surface area (TPSA) is 75.9 Å². The summed E-state index contributed by atoms with van der Waals surface area (Å²) in [6.45, 7) is 4.38. The SMILES string of the molecule is Cn1cc2cc(NC(=O)c3cnc(N4CC(CCC5(C)CC5)C4)cn3)cc(F)c2n1. The van der Waals surface area contributed by atoms with Gasteiger partial charge in [-0.1, -0.05) is 6.92 Å². The van der Waals surface area contributed by atoms with E-state index in [0.717, 1.165) is 24.8 Å². The lowest BCUT2D eigenvalue weighted by molar-refractivity contribution is 0.102. The molecule has 0 bridgehead atoms. The molecule has 2 aliphatic rings. The third kappa shape index (κ3) is 3.74. The van der Waals surface area contributed by atoms with Crippen molar-refractivity contribution in [2.75, 3.05) is 23.3 Å². The Morgan fingerprint density at radius 2 is 2.07 bits per heavy atom. The molecule has 8 heteroatoms. The molecule has 1 aliphatic heterocycles. The number of benzene rings is 1. The highest BCUT2D eigenvalue weighted by Crippen LogP contribution is 2.50. The number of nitrogens with zero attached hydrogens (tertiary/aromatic N) is 5. The Balaban J connectivity index is 1.19. The molecule has 0 unspecified atom stereocenters. The van der Waals surface area contributed by atoms with Gasteiger partial charge in [-0.2, -0.15) is 5.10 Å². The second-order valence-electron chi connectivity index (χ2n) is 9.03. The molecule has 1 aromatic carbocycles. The summed E-state index contributed by atoms with van der Waals surface area (Å²) in [6.07, 6.45) is 10.2. The highest BCUT2D eigenvalue weighted by atomic mass is 19.1. The molecular formula is C22H25FN6O. The summed E-state index contributed by atoms with van der Waals surface area (Å²) in [6, 6.07) is 2.95. The predicted octanol–water partition coefficient (Wildman–Crippen LogP) is 3.77. The normalized spacial score (nSPS) is 17.8. The van der Waals surface area contributed by atoms with Crippen LogP contribution in [-0.2, 0) is 7.05 Å². The van der Waals surface area contributed by atoms with E-state index in [2.05, 4.69) is 32.2 Å². The Hall–Kier alpha value is -3.03. The van der Waals surface area contributed by atoms with Crippen LogP contribution in [0.2, 0.25) is 0 Å². The summed E-state index contributed by atoms with van der Waals surface area (Å²) in [5, 5.41) is 7.38. The zero-order valence-corrected chi connectivity index (χ0v) is 17.2. The van der Waals surface area contributed by atoms with Crippen LogP contribution in [0.1, 0.15) is 43.1 Å². The van der Waals surface area contributed by atoms with Crippen molar-refractivity contribution in [1.82, 2.24) is 19.7 Å². The van der Waals surface area contributed by atoms with Crippen LogP contribution in [0.5, 0.6) is 0 Å². The van der Waals surface area contributed by atoms with Crippen molar-refractivity contribution < 1.29 is 9.18 Å². The molecule has 2 aromatic heterocycles. The number of fused-ring (bicyclic) bond motifs is 1. The number of carbonyl (C=O) groups excluding carboxylic acids is 1. The smallest absolute Gasteiger partial charge is 0.275 e. The van der Waals surface area contributed by atoms with E-state index in [1.807, 2.05) is 0 Å². The van der Waals surface area contributed by atoms with Gasteiger partial charge in [-0.05, 0) is 49.1 Å². The summed E-state index contributed by atoms with van der Waals surface area (Å²) in [4.78, 5) is 23.4. The van der Waals surface area contributed by atoms with Crippen molar-refractivity contribution in [1.29, 1.82) is 0 Å². The molecule has 7 nitrogen and oxygen atoms in total. The van der Waals surface area contributed by atoms with E-state index in [0.29, 0.717) is 16.5 Å². The van der Waals surface area contributed by atoms with Crippen LogP contribution < -0.4 is 10.2 Å². The summed E-state index contributed by atoms with van der Waals surface area (Å²) >= 11 is 0. The summed E-state index contributed by atoms with van der Waals surface area (Å²) in [5.74, 6) is 0.622. The zero-order chi connectivity index (χ0) is 20.9. The average molecular weight is 408 g/mol. The van der Waals surface area contributed by atoms with Crippen molar-refractivity contribution in [3.05, 3.63) is 42.2 Å². The second-order valence-corrected chi connectivity index (χ2v) is 9.03. The van der Waals surface area contributed by atoms with Crippen molar-refractivity contribution in [2.24, 2.45) is 18.4 Å². The highest BCUT2D eigenvalue weighted by molar-refractivity contribution is 6.03. The molecule has 1 aliphatic carbocycles. The van der Waals surface area contributed by atoms with Crippen molar-refractivity contribution in [3.8, 4) is 0 Å². The number of nitrogens with one attached hydrogen (secondary N) is 1. The Morgan fingerprint density at radius 1 is 1.27 bits per heavy atom. The maximum absolute atomic E-state index is 14.2. The molecule has 156 valence electrons. The molecule has 30 heavy (non-hydrogen) atoms. The predicted molar refractivity (Wildman–Crippen MR) is 113 cm³/mol. The quantitative estimate of drug-likeness (QED) is 0.672. The molecule has 3 aromatic rings. The lowest BCUT2D eigenvalue weighted by Gasteiger charge is -2.40. The molecule has 1 saturated carbocycles. The number of aryl methyl sites for hydroxylation is 1. The molecule has 0 spiro atoms. The number of rotatable bonds is 6. The van der Waals surface area contributed by atoms with Gasteiger partial charge in [0.05, 0.1) is 12.4 Å². The number of hydrogen-bond donors (Lipinski definition) is 1. The molecule has 1 saturated heterocycles. The first-order valence-corrected chi connectivity index (χ1v) is 10.4. The van der Waals surface area contributed by atoms with Gasteiger partial charge in [-0.3, -0.25) is 9.48 Å². The van der Waals surface area contributed by atoms with Gasteiger partial charge >= 0.3 is 0 Å². The van der Waals surface area contributed by atoms with Crippen LogP contribution in [0.25, 0.3) is 10.9 Å². The van der Waals surface area contributed by atoms with Crippen LogP contribution in [0.15, 0.2) is 30.7 Å². The van der Waals surface area contributed by atoms with Gasteiger partial charge in [0.1, 0.15) is 17.0 Å². The zero-order valence-electron chi connectivity index (χ0n) is 17.2. The Morgan fingerprint density at radius 3 is 2.77 bits per heavy atom. The first-order valence-electron chi connectivity index (χ1n) is 10.4. The van der Waals surface area contributed by atoms with Gasteiger partial charge in [0, 0.05) is 37.4 Å². The fraction of sp³-hybridized carbons (Fsp3) is 0.455. The minimum Gasteiger partial charge on any atom is -0.355 e. The van der Waals surface area contributed by atoms with Crippen LogP contribution in [0, 0.1) is 17.2 Å². The van der Waals surface area contributed by atoms with Crippen molar-refractivity contribution in [2.45, 2.75) is 32.6 Å². The largest absolute Gasteiger partial charge is 0.355 e. The van der Waals surface area contributed by atoms with Crippen LogP contribution in [-0.4, -0.2) is 38.7 Å². The number of hydrogen-bond acceptors (Lipinski definition) is 5. The number of halogens is 1. The molecule has 0 atom stereocenters. The molecule has 1 amide bonds. The van der Waals surface area contributed by atoms with Gasteiger partial charge in [-0.25, -0.2) is 14.4 Å². The standard InChI is InChI=1S/C22H25FN6O/c1-22(5-6-22)4-3-14-11-29(12-14)19-10-24-18(9-25-19)21(30)26-16-7-15-13-28(2)27-20(15)17(23)8-16/h7-10,13-14H,3-6,11-12H2,1-2H3,(H,26,30). The van der Waals surface area contributed by atoms with Crippen LogP contribution >= 0.6 is 0 Å². The van der Waals surface area contributed by atoms with Crippen LogP contribution in [0.3, 0.4) is 0 Å². The van der Waals surface area contributed by atoms with Gasteiger partial charge in [0.15, 0.2) is 5.82 Å². The molecule has 2 fully saturated rings. The molecule has 3 heterocycles. The van der Waals surface area contributed by atoms with Crippen molar-refractivity contribution >= 4 is 28.3 Å². The van der Waals surface area contributed by atoms with Gasteiger partial charge in [0.2, 0.25) is 0 Å².